The summed E-state index contributed by atoms with van der Waals surface area (Å²) >= 11 is 0. The second-order valence-electron chi connectivity index (χ2n) is 25.9. The molecule has 6 heterocycles. The number of nitrogens with one attached hydrogen (secondary N) is 2. The summed E-state index contributed by atoms with van der Waals surface area (Å²) in [5, 5.41) is 5.66. The zero-order chi connectivity index (χ0) is 60.0. The van der Waals surface area contributed by atoms with Crippen LogP contribution in [-0.4, -0.2) is 141 Å². The Morgan fingerprint density at radius 1 is 0.535 bits per heavy atom. The number of amides is 4. The van der Waals surface area contributed by atoms with E-state index in [0.29, 0.717) is 72.2 Å². The SMILES string of the molecule is CCOc1ccc2nc3c(nc2c1)O[C@H]1CN(C(=O)[C@H](C(C)(C)C)NC(=O)O[C@@H]2CCC[C@H]2CCCCC3)[C@H]([C-]=O)[C@@H]1C.CCOc1ccc2nc3c(nc2c1)O[C@H]1CN(C(=O)[C@H](C(C)(C)C)NC(=O)O[C@@H]2C[C@H]2CCCCC3)[C@H]([C-]=O)[C@@H]1C.[V].[V]. The van der Waals surface area contributed by atoms with E-state index in [2.05, 4.69) is 23.2 Å². The number of fused-ring (bicyclic) bond motifs is 10. The summed E-state index contributed by atoms with van der Waals surface area (Å²) in [5.74, 6) is 1.48. The van der Waals surface area contributed by atoms with Crippen molar-refractivity contribution in [1.29, 1.82) is 0 Å². The Hall–Kier alpha value is -5.69. The van der Waals surface area contributed by atoms with Crippen LogP contribution in [0.3, 0.4) is 0 Å². The molecule has 2 aromatic carbocycles. The van der Waals surface area contributed by atoms with Crippen LogP contribution in [0.25, 0.3) is 22.1 Å². The zero-order valence-corrected chi connectivity index (χ0v) is 54.4. The number of aryl methyl sites for hydroxylation is 2. The van der Waals surface area contributed by atoms with Gasteiger partial charge in [-0.3, -0.25) is 9.59 Å². The van der Waals surface area contributed by atoms with Gasteiger partial charge in [0.2, 0.25) is 23.6 Å². The van der Waals surface area contributed by atoms with Crippen LogP contribution in [0.15, 0.2) is 36.4 Å². The zero-order valence-electron chi connectivity index (χ0n) is 51.6. The van der Waals surface area contributed by atoms with Crippen molar-refractivity contribution < 1.29 is 94.3 Å². The maximum absolute atomic E-state index is 14.0. The van der Waals surface area contributed by atoms with Gasteiger partial charge in [0, 0.05) is 49.2 Å². The fourth-order valence-electron chi connectivity index (χ4n) is 12.5. The molecule has 2 N–H and O–H groups in total. The van der Waals surface area contributed by atoms with Crippen molar-refractivity contribution in [3.05, 3.63) is 47.8 Å². The molecule has 4 fully saturated rings. The molecule has 22 heteroatoms. The molecule has 4 aromatic rings. The summed E-state index contributed by atoms with van der Waals surface area (Å²) < 4.78 is 35.9. The van der Waals surface area contributed by atoms with Crippen molar-refractivity contribution >= 4 is 58.6 Å². The number of hydrogen-bond donors (Lipinski definition) is 2. The van der Waals surface area contributed by atoms with Gasteiger partial charge < -0.3 is 58.4 Å². The fraction of sp³-hybridized carbons (Fsp3) is 0.656. The van der Waals surface area contributed by atoms with Crippen LogP contribution in [-0.2, 0) is 78.6 Å². The monoisotopic (exact) mass is 1260 g/mol. The molecule has 4 amide bonds. The third-order valence-corrected chi connectivity index (χ3v) is 17.6. The summed E-state index contributed by atoms with van der Waals surface area (Å²) in [6, 6.07) is 7.87. The fourth-order valence-corrected chi connectivity index (χ4v) is 12.5. The Morgan fingerprint density at radius 2 is 0.965 bits per heavy atom. The molecule has 2 saturated carbocycles. The largest absolute Gasteiger partial charge is 0.540 e. The van der Waals surface area contributed by atoms with Crippen LogP contribution in [0, 0.1) is 34.5 Å². The van der Waals surface area contributed by atoms with E-state index in [1.54, 1.807) is 0 Å². The molecule has 86 heavy (non-hydrogen) atoms. The second kappa shape index (κ2) is 29.5. The van der Waals surface area contributed by atoms with Crippen LogP contribution in [0.2, 0.25) is 0 Å². The summed E-state index contributed by atoms with van der Waals surface area (Å²) in [6.45, 7) is 20.3. The Labute approximate surface area is 530 Å². The third kappa shape index (κ3) is 16.1. The molecule has 0 spiro atoms. The van der Waals surface area contributed by atoms with E-state index in [-0.39, 0.29) is 86.1 Å². The number of alkyl carbamates (subject to hydrolysis) is 2. The average molecular weight is 1260 g/mol. The van der Waals surface area contributed by atoms with Gasteiger partial charge in [-0.15, -0.1) is 0 Å². The number of carbonyl (C=O) groups is 4. The van der Waals surface area contributed by atoms with E-state index in [9.17, 15) is 28.8 Å². The Morgan fingerprint density at radius 3 is 1.40 bits per heavy atom. The topological polar surface area (TPSA) is 240 Å². The Kier molecular flexibility index (Phi) is 23.3. The van der Waals surface area contributed by atoms with E-state index < -0.39 is 59.4 Å². The number of carbonyl (C=O) groups excluding carboxylic acids is 6. The predicted octanol–water partition coefficient (Wildman–Crippen LogP) is 9.53. The van der Waals surface area contributed by atoms with Crippen molar-refractivity contribution in [3.63, 3.8) is 0 Å². The normalized spacial score (nSPS) is 28.4. The predicted molar refractivity (Wildman–Crippen MR) is 314 cm³/mol. The Balaban J connectivity index is 0.000000241. The number of ether oxygens (including phenoxy) is 6. The first kappa shape index (κ1) is 67.8. The maximum Gasteiger partial charge on any atom is 0.408 e. The van der Waals surface area contributed by atoms with Gasteiger partial charge in [0.25, 0.3) is 0 Å². The maximum atomic E-state index is 14.0. The van der Waals surface area contributed by atoms with Crippen molar-refractivity contribution in [1.82, 2.24) is 40.4 Å². The minimum absolute atomic E-state index is 0. The molecule has 4 aliphatic heterocycles. The van der Waals surface area contributed by atoms with Crippen LogP contribution in [0.5, 0.6) is 23.3 Å². The molecular formula is C64H86N8O12V2-2. The molecule has 2 aromatic heterocycles. The second-order valence-corrected chi connectivity index (χ2v) is 25.9. The Bertz CT molecular complexity index is 3030. The first-order valence-corrected chi connectivity index (χ1v) is 30.7. The molecule has 20 nitrogen and oxygen atoms in total. The number of benzene rings is 2. The van der Waals surface area contributed by atoms with Gasteiger partial charge in [0.05, 0.1) is 48.4 Å². The minimum Gasteiger partial charge on any atom is -0.540 e. The van der Waals surface area contributed by atoms with Crippen LogP contribution in [0.1, 0.15) is 158 Å². The van der Waals surface area contributed by atoms with Gasteiger partial charge in [-0.2, -0.15) is 0 Å². The van der Waals surface area contributed by atoms with Crippen LogP contribution < -0.4 is 29.6 Å². The quantitative estimate of drug-likeness (QED) is 0.171. The molecule has 6 aliphatic rings. The molecule has 0 unspecified atom stereocenters. The molecule has 2 radical (unpaired) electrons. The van der Waals surface area contributed by atoms with Gasteiger partial charge in [0.15, 0.2) is 0 Å². The molecular weight excluding hydrogens is 1170 g/mol. The minimum atomic E-state index is -0.895. The standard InChI is InChI=1S/C33H45N4O6.C31H41N4O6.2V/c1-6-41-22-15-16-23-25(17-22)35-30-24(34-23)13-9-7-8-11-21-12-10-14-27(21)43-32(40)36-29(33(3,4)5)31(39)37-18-28(42-30)20(2)26(37)19-38;1-6-39-20-12-13-21-23(15-20)33-28-22(32-21)11-9-7-8-10-19-14-25(19)41-30(38)34-27(31(3,4)5)29(37)35-16-26(40-28)18(2)24(35)17-36;;/h15-17,20-21,26-29H,6-14,18H2,1-5H3,(H,36,40);12-13,15,18-19,24-27H,6-11,14,16H2,1-5H3,(H,34,38);;/q2*-1;;/t20-,21+,26+,27+,28-,29+;18-,19+,24+,25+,26-,27+;;/m00../s1. The van der Waals surface area contributed by atoms with E-state index in [1.807, 2.05) is 106 Å². The van der Waals surface area contributed by atoms with Gasteiger partial charge in [-0.1, -0.05) is 93.2 Å². The average Bonchev–Trinajstić information content (AvgIpc) is 1.79. The van der Waals surface area contributed by atoms with Crippen LogP contribution >= 0.6 is 0 Å². The first-order chi connectivity index (χ1) is 40.2. The number of hydrogen-bond acceptors (Lipinski definition) is 16. The number of aromatic nitrogens is 4. The van der Waals surface area contributed by atoms with Crippen molar-refractivity contribution in [2.45, 2.75) is 208 Å². The molecule has 2 saturated heterocycles. The van der Waals surface area contributed by atoms with Gasteiger partial charge in [0.1, 0.15) is 59.4 Å². The number of nitrogens with zero attached hydrogens (tertiary/aromatic N) is 6. The van der Waals surface area contributed by atoms with Crippen molar-refractivity contribution in [2.75, 3.05) is 26.3 Å². The molecule has 12 atom stereocenters. The number of rotatable bonds is 6. The van der Waals surface area contributed by atoms with E-state index in [0.717, 1.165) is 99.5 Å². The first-order valence-electron chi connectivity index (χ1n) is 30.7. The van der Waals surface area contributed by atoms with Gasteiger partial charge in [-0.05, 0) is 137 Å². The molecule has 10 rings (SSSR count). The third-order valence-electron chi connectivity index (χ3n) is 17.6. The van der Waals surface area contributed by atoms with Gasteiger partial charge >= 0.3 is 12.2 Å². The summed E-state index contributed by atoms with van der Waals surface area (Å²) in [6.07, 6.45) is 14.6. The molecule has 466 valence electrons. The van der Waals surface area contributed by atoms with E-state index in [1.165, 1.54) is 9.80 Å². The molecule has 4 bridgehead atoms. The summed E-state index contributed by atoms with van der Waals surface area (Å²) in [4.78, 5) is 101. The van der Waals surface area contributed by atoms with E-state index in [4.69, 9.17) is 48.4 Å². The van der Waals surface area contributed by atoms with Crippen molar-refractivity contribution in [2.24, 2.45) is 34.5 Å². The smallest absolute Gasteiger partial charge is 0.408 e. The van der Waals surface area contributed by atoms with Gasteiger partial charge in [-0.25, -0.2) is 42.1 Å². The molecule has 2 aliphatic carbocycles. The van der Waals surface area contributed by atoms with Crippen LogP contribution in [0.4, 0.5) is 9.59 Å². The van der Waals surface area contributed by atoms with E-state index >= 15 is 0 Å². The van der Waals surface area contributed by atoms with Crippen molar-refractivity contribution in [3.8, 4) is 23.3 Å². The summed E-state index contributed by atoms with van der Waals surface area (Å²) in [5.41, 5.74) is 3.12. The summed E-state index contributed by atoms with van der Waals surface area (Å²) in [7, 11) is 0.